The number of nitrogens with one attached hydrogen (secondary N) is 1. The van der Waals surface area contributed by atoms with Gasteiger partial charge in [-0.15, -0.1) is 10.2 Å². The first-order valence-corrected chi connectivity index (χ1v) is 9.57. The molecule has 0 saturated heterocycles. The van der Waals surface area contributed by atoms with Gasteiger partial charge in [-0.25, -0.2) is 0 Å². The summed E-state index contributed by atoms with van der Waals surface area (Å²) in [5, 5.41) is 32.6. The van der Waals surface area contributed by atoms with Crippen molar-refractivity contribution in [2.45, 2.75) is 38.4 Å². The Balaban J connectivity index is 1.96. The lowest BCUT2D eigenvalue weighted by Gasteiger charge is -2.12. The quantitative estimate of drug-likeness (QED) is 0.310. The third kappa shape index (κ3) is 4.95. The smallest absolute Gasteiger partial charge is 0.270 e. The molecule has 0 spiro atoms. The molecule has 9 heteroatoms. The Hall–Kier alpha value is -2.60. The molecule has 0 radical (unpaired) electrons. The number of thioether (sulfide) groups is 1. The van der Waals surface area contributed by atoms with Gasteiger partial charge in [-0.05, 0) is 24.7 Å². The summed E-state index contributed by atoms with van der Waals surface area (Å²) in [6, 6.07) is 6.25. The molecule has 0 aliphatic carbocycles. The fourth-order valence-electron chi connectivity index (χ4n) is 2.57. The van der Waals surface area contributed by atoms with Crippen molar-refractivity contribution in [2.24, 2.45) is 5.92 Å². The van der Waals surface area contributed by atoms with Crippen molar-refractivity contribution in [3.63, 3.8) is 0 Å². The van der Waals surface area contributed by atoms with Crippen LogP contribution in [-0.2, 0) is 13.0 Å². The summed E-state index contributed by atoms with van der Waals surface area (Å²) < 4.78 is 2.15. The summed E-state index contributed by atoms with van der Waals surface area (Å²) in [5.74, 6) is 1.46. The van der Waals surface area contributed by atoms with E-state index in [9.17, 15) is 15.4 Å². The van der Waals surface area contributed by atoms with Crippen LogP contribution in [0.2, 0.25) is 0 Å². The van der Waals surface area contributed by atoms with Crippen molar-refractivity contribution in [1.82, 2.24) is 14.8 Å². The highest BCUT2D eigenvalue weighted by atomic mass is 32.2. The van der Waals surface area contributed by atoms with Crippen LogP contribution in [0.1, 0.15) is 31.7 Å². The summed E-state index contributed by atoms with van der Waals surface area (Å²) in [6.45, 7) is 5.84. The number of benzene rings is 1. The molecule has 2 aromatic rings. The number of aryl methyl sites for hydroxylation is 1. The molecular weight excluding hydrogens is 352 g/mol. The molecule has 0 aliphatic heterocycles. The third-order valence-electron chi connectivity index (χ3n) is 3.75. The van der Waals surface area contributed by atoms with Crippen LogP contribution >= 0.6 is 11.8 Å². The van der Waals surface area contributed by atoms with Crippen LogP contribution in [-0.4, -0.2) is 32.5 Å². The fraction of sp³-hybridized carbons (Fsp3) is 0.471. The zero-order chi connectivity index (χ0) is 19.1. The molecule has 2 rings (SSSR count). The second-order valence-electron chi connectivity index (χ2n) is 6.24. The van der Waals surface area contributed by atoms with Crippen molar-refractivity contribution in [3.8, 4) is 6.07 Å². The largest absolute Gasteiger partial charge is 0.384 e. The highest BCUT2D eigenvalue weighted by molar-refractivity contribution is 7.98. The number of hydrogen-bond acceptors (Lipinski definition) is 7. The first-order chi connectivity index (χ1) is 12.5. The predicted molar refractivity (Wildman–Crippen MR) is 101 cm³/mol. The van der Waals surface area contributed by atoms with Gasteiger partial charge in [-0.2, -0.15) is 5.26 Å². The van der Waals surface area contributed by atoms with Crippen molar-refractivity contribution < 1.29 is 4.92 Å². The SMILES string of the molecule is CSc1nnc(CCCNc2ccc([N+](=O)[O-])cc2C#N)n1CC(C)C. The van der Waals surface area contributed by atoms with Gasteiger partial charge in [0.1, 0.15) is 11.9 Å². The van der Waals surface area contributed by atoms with E-state index in [-0.39, 0.29) is 11.3 Å². The normalized spacial score (nSPS) is 10.7. The van der Waals surface area contributed by atoms with Crippen molar-refractivity contribution in [2.75, 3.05) is 18.1 Å². The molecule has 0 amide bonds. The van der Waals surface area contributed by atoms with Crippen LogP contribution in [0, 0.1) is 27.4 Å². The fourth-order valence-corrected chi connectivity index (χ4v) is 3.09. The molecule has 26 heavy (non-hydrogen) atoms. The summed E-state index contributed by atoms with van der Waals surface area (Å²) in [7, 11) is 0. The number of nitro groups is 1. The molecule has 138 valence electrons. The van der Waals surface area contributed by atoms with E-state index in [1.807, 2.05) is 12.3 Å². The first kappa shape index (κ1) is 19.7. The second-order valence-corrected chi connectivity index (χ2v) is 7.01. The van der Waals surface area contributed by atoms with Crippen LogP contribution in [0.5, 0.6) is 0 Å². The lowest BCUT2D eigenvalue weighted by molar-refractivity contribution is -0.384. The lowest BCUT2D eigenvalue weighted by Crippen LogP contribution is -2.12. The van der Waals surface area contributed by atoms with E-state index in [0.29, 0.717) is 18.2 Å². The van der Waals surface area contributed by atoms with Gasteiger partial charge in [0.2, 0.25) is 0 Å². The number of nitrogens with zero attached hydrogens (tertiary/aromatic N) is 5. The number of nitriles is 1. The number of aromatic nitrogens is 3. The molecule has 0 saturated carbocycles. The Bertz CT molecular complexity index is 812. The molecule has 0 atom stereocenters. The van der Waals surface area contributed by atoms with Gasteiger partial charge in [0.15, 0.2) is 5.16 Å². The van der Waals surface area contributed by atoms with E-state index in [1.165, 1.54) is 12.1 Å². The number of hydrogen-bond donors (Lipinski definition) is 1. The van der Waals surface area contributed by atoms with E-state index in [0.717, 1.165) is 30.4 Å². The van der Waals surface area contributed by atoms with Crippen LogP contribution in [0.4, 0.5) is 11.4 Å². The number of anilines is 1. The van der Waals surface area contributed by atoms with Crippen LogP contribution < -0.4 is 5.32 Å². The van der Waals surface area contributed by atoms with Crippen LogP contribution in [0.3, 0.4) is 0 Å². The van der Waals surface area contributed by atoms with Crippen molar-refractivity contribution in [3.05, 3.63) is 39.7 Å². The summed E-state index contributed by atoms with van der Waals surface area (Å²) in [4.78, 5) is 10.3. The maximum atomic E-state index is 10.8. The Labute approximate surface area is 156 Å². The lowest BCUT2D eigenvalue weighted by atomic mass is 10.1. The van der Waals surface area contributed by atoms with Crippen molar-refractivity contribution >= 4 is 23.1 Å². The summed E-state index contributed by atoms with van der Waals surface area (Å²) >= 11 is 1.59. The first-order valence-electron chi connectivity index (χ1n) is 8.34. The Morgan fingerprint density at radius 3 is 2.81 bits per heavy atom. The molecular formula is C17H22N6O2S. The summed E-state index contributed by atoms with van der Waals surface area (Å²) in [6.07, 6.45) is 3.57. The van der Waals surface area contributed by atoms with E-state index < -0.39 is 4.92 Å². The van der Waals surface area contributed by atoms with Gasteiger partial charge >= 0.3 is 0 Å². The zero-order valence-corrected chi connectivity index (χ0v) is 15.9. The van der Waals surface area contributed by atoms with Crippen LogP contribution in [0.25, 0.3) is 0 Å². The minimum absolute atomic E-state index is 0.0847. The molecule has 8 nitrogen and oxygen atoms in total. The van der Waals surface area contributed by atoms with E-state index in [2.05, 4.69) is 33.9 Å². The molecule has 0 fully saturated rings. The second kappa shape index (κ2) is 9.20. The highest BCUT2D eigenvalue weighted by Gasteiger charge is 2.13. The average Bonchev–Trinajstić information content (AvgIpc) is 2.99. The maximum Gasteiger partial charge on any atom is 0.270 e. The van der Waals surface area contributed by atoms with Gasteiger partial charge in [0, 0.05) is 31.6 Å². The Morgan fingerprint density at radius 1 is 1.42 bits per heavy atom. The molecule has 0 bridgehead atoms. The van der Waals surface area contributed by atoms with Crippen molar-refractivity contribution in [1.29, 1.82) is 5.26 Å². The predicted octanol–water partition coefficient (Wildman–Crippen LogP) is 3.48. The molecule has 1 aromatic carbocycles. The molecule has 1 heterocycles. The minimum atomic E-state index is -0.504. The summed E-state index contributed by atoms with van der Waals surface area (Å²) in [5.41, 5.74) is 0.789. The molecule has 1 aromatic heterocycles. The van der Waals surface area contributed by atoms with Gasteiger partial charge in [-0.3, -0.25) is 10.1 Å². The van der Waals surface area contributed by atoms with E-state index >= 15 is 0 Å². The monoisotopic (exact) mass is 374 g/mol. The molecule has 0 unspecified atom stereocenters. The van der Waals surface area contributed by atoms with E-state index in [4.69, 9.17) is 0 Å². The zero-order valence-electron chi connectivity index (χ0n) is 15.1. The standard InChI is InChI=1S/C17H22N6O2S/c1-12(2)11-22-16(20-21-17(22)26-3)5-4-8-19-15-7-6-14(23(24)25)9-13(15)10-18/h6-7,9,12,19H,4-5,8,11H2,1-3H3. The topological polar surface area (TPSA) is 110 Å². The minimum Gasteiger partial charge on any atom is -0.384 e. The molecule has 0 aliphatic rings. The Kier molecular flexibility index (Phi) is 6.97. The highest BCUT2D eigenvalue weighted by Crippen LogP contribution is 2.21. The third-order valence-corrected chi connectivity index (χ3v) is 4.42. The number of nitro benzene ring substituents is 1. The van der Waals surface area contributed by atoms with Gasteiger partial charge in [-0.1, -0.05) is 25.6 Å². The Morgan fingerprint density at radius 2 is 2.19 bits per heavy atom. The molecule has 1 N–H and O–H groups in total. The van der Waals surface area contributed by atoms with Crippen LogP contribution in [0.15, 0.2) is 23.4 Å². The van der Waals surface area contributed by atoms with Gasteiger partial charge < -0.3 is 9.88 Å². The number of non-ortho nitro benzene ring substituents is 1. The van der Waals surface area contributed by atoms with E-state index in [1.54, 1.807) is 17.8 Å². The number of rotatable bonds is 9. The average molecular weight is 374 g/mol. The maximum absolute atomic E-state index is 10.8. The van der Waals surface area contributed by atoms with Gasteiger partial charge in [0.25, 0.3) is 5.69 Å². The van der Waals surface area contributed by atoms with Gasteiger partial charge in [0.05, 0.1) is 16.2 Å².